The summed E-state index contributed by atoms with van der Waals surface area (Å²) in [5, 5.41) is 2.62. The number of nitrogens with zero attached hydrogens (tertiary/aromatic N) is 3. The van der Waals surface area contributed by atoms with Gasteiger partial charge in [0.25, 0.3) is 5.91 Å². The van der Waals surface area contributed by atoms with Crippen molar-refractivity contribution in [3.05, 3.63) is 42.2 Å². The Kier molecular flexibility index (Phi) is 6.94. The maximum atomic E-state index is 12.3. The summed E-state index contributed by atoms with van der Waals surface area (Å²) in [6, 6.07) is 6.09. The maximum absolute atomic E-state index is 12.3. The molecule has 3 rings (SSSR count). The van der Waals surface area contributed by atoms with Crippen LogP contribution in [0.15, 0.2) is 36.7 Å². The van der Waals surface area contributed by atoms with Crippen LogP contribution in [0, 0.1) is 0 Å². The highest BCUT2D eigenvalue weighted by Gasteiger charge is 2.35. The summed E-state index contributed by atoms with van der Waals surface area (Å²) in [4.78, 5) is 32.9. The molecule has 1 aromatic carbocycles. The average molecular weight is 468 g/mol. The molecule has 0 unspecified atom stereocenters. The van der Waals surface area contributed by atoms with Crippen molar-refractivity contribution < 1.29 is 37.0 Å². The lowest BCUT2D eigenvalue weighted by Crippen LogP contribution is -2.57. The fraction of sp³-hybridized carbons (Fsp3) is 0.429. The number of aromatic nitrogens is 2. The van der Waals surface area contributed by atoms with E-state index in [0.717, 1.165) is 12.4 Å². The molecule has 33 heavy (non-hydrogen) atoms. The number of carbonyl (C=O) groups is 2. The highest BCUT2D eigenvalue weighted by Crippen LogP contribution is 2.22. The molecule has 1 fully saturated rings. The smallest absolute Gasteiger partial charge is 0.422 e. The highest BCUT2D eigenvalue weighted by molar-refractivity contribution is 6.03. The number of amides is 2. The van der Waals surface area contributed by atoms with Gasteiger partial charge in [-0.05, 0) is 45.0 Å². The number of anilines is 1. The first-order chi connectivity index (χ1) is 15.4. The van der Waals surface area contributed by atoms with Crippen LogP contribution in [0.1, 0.15) is 31.1 Å². The number of likely N-dealkylation sites (tertiary alicyclic amines) is 1. The minimum Gasteiger partial charge on any atom is -0.487 e. The summed E-state index contributed by atoms with van der Waals surface area (Å²) in [5.41, 5.74) is -0.0432. The summed E-state index contributed by atoms with van der Waals surface area (Å²) >= 11 is 0. The molecular formula is C21H23F3N4O5. The van der Waals surface area contributed by atoms with Crippen LogP contribution >= 0.6 is 0 Å². The Labute approximate surface area is 187 Å². The first-order valence-corrected chi connectivity index (χ1v) is 9.95. The molecule has 0 radical (unpaired) electrons. The van der Waals surface area contributed by atoms with E-state index in [9.17, 15) is 22.8 Å². The van der Waals surface area contributed by atoms with Crippen LogP contribution in [0.2, 0.25) is 0 Å². The molecule has 178 valence electrons. The van der Waals surface area contributed by atoms with Gasteiger partial charge in [0, 0.05) is 18.1 Å². The molecule has 1 aliphatic heterocycles. The third-order valence-corrected chi connectivity index (χ3v) is 4.17. The third kappa shape index (κ3) is 7.51. The maximum Gasteiger partial charge on any atom is 0.422 e. The normalized spacial score (nSPS) is 14.3. The molecular weight excluding hydrogens is 445 g/mol. The molecule has 0 aliphatic carbocycles. The Morgan fingerprint density at radius 1 is 1.09 bits per heavy atom. The summed E-state index contributed by atoms with van der Waals surface area (Å²) < 4.78 is 51.9. The van der Waals surface area contributed by atoms with Crippen LogP contribution < -0.4 is 14.8 Å². The second-order valence-corrected chi connectivity index (χ2v) is 8.26. The van der Waals surface area contributed by atoms with E-state index >= 15 is 0 Å². The van der Waals surface area contributed by atoms with Crippen molar-refractivity contribution in [3.63, 3.8) is 0 Å². The molecule has 1 N–H and O–H groups in total. The van der Waals surface area contributed by atoms with Crippen LogP contribution in [-0.2, 0) is 4.74 Å². The molecule has 2 aromatic rings. The van der Waals surface area contributed by atoms with Gasteiger partial charge in [-0.15, -0.1) is 0 Å². The quantitative estimate of drug-likeness (QED) is 0.690. The summed E-state index contributed by atoms with van der Waals surface area (Å²) in [7, 11) is 0. The van der Waals surface area contributed by atoms with E-state index in [2.05, 4.69) is 20.0 Å². The zero-order valence-corrected chi connectivity index (χ0v) is 18.2. The van der Waals surface area contributed by atoms with Gasteiger partial charge < -0.3 is 24.4 Å². The predicted molar refractivity (Wildman–Crippen MR) is 110 cm³/mol. The van der Waals surface area contributed by atoms with Crippen molar-refractivity contribution >= 4 is 17.7 Å². The molecule has 12 heteroatoms. The number of benzene rings is 1. The van der Waals surface area contributed by atoms with E-state index in [1.54, 1.807) is 49.9 Å². The Morgan fingerprint density at radius 2 is 1.70 bits per heavy atom. The topological polar surface area (TPSA) is 103 Å². The molecule has 9 nitrogen and oxygen atoms in total. The molecule has 0 saturated carbocycles. The van der Waals surface area contributed by atoms with Crippen molar-refractivity contribution in [2.75, 3.05) is 25.0 Å². The van der Waals surface area contributed by atoms with Gasteiger partial charge in [0.1, 0.15) is 17.5 Å². The standard InChI is InChI=1S/C21H23F3N4O5/c1-20(2,3)33-19(30)28-10-16(11-28)32-15-6-4-14(5-7-15)27-17(29)13-8-25-18(26-9-13)31-12-21(22,23)24/h4-9,16H,10-12H2,1-3H3,(H,27,29). The van der Waals surface area contributed by atoms with Gasteiger partial charge in [-0.2, -0.15) is 13.2 Å². The van der Waals surface area contributed by atoms with Gasteiger partial charge >= 0.3 is 18.3 Å². The van der Waals surface area contributed by atoms with Crippen molar-refractivity contribution in [3.8, 4) is 11.8 Å². The lowest BCUT2D eigenvalue weighted by Gasteiger charge is -2.39. The third-order valence-electron chi connectivity index (χ3n) is 4.17. The fourth-order valence-corrected chi connectivity index (χ4v) is 2.66. The lowest BCUT2D eigenvalue weighted by atomic mass is 10.1. The largest absolute Gasteiger partial charge is 0.487 e. The molecule has 0 spiro atoms. The molecule has 2 amide bonds. The molecule has 1 aliphatic rings. The van der Waals surface area contributed by atoms with Gasteiger partial charge in [0.2, 0.25) is 0 Å². The predicted octanol–water partition coefficient (Wildman–Crippen LogP) is 3.67. The molecule has 1 saturated heterocycles. The van der Waals surface area contributed by atoms with E-state index in [1.165, 1.54) is 0 Å². The summed E-state index contributed by atoms with van der Waals surface area (Å²) in [5.74, 6) is 0.0226. The second kappa shape index (κ2) is 9.51. The number of hydrogen-bond acceptors (Lipinski definition) is 7. The Hall–Kier alpha value is -3.57. The van der Waals surface area contributed by atoms with E-state index < -0.39 is 30.3 Å². The first-order valence-electron chi connectivity index (χ1n) is 9.95. The first kappa shape index (κ1) is 24.1. The number of carbonyl (C=O) groups excluding carboxylic acids is 2. The van der Waals surface area contributed by atoms with E-state index in [0.29, 0.717) is 24.5 Å². The second-order valence-electron chi connectivity index (χ2n) is 8.26. The molecule has 1 aromatic heterocycles. The average Bonchev–Trinajstić information content (AvgIpc) is 2.68. The van der Waals surface area contributed by atoms with Crippen LogP contribution in [0.4, 0.5) is 23.7 Å². The Bertz CT molecular complexity index is 969. The van der Waals surface area contributed by atoms with E-state index in [-0.39, 0.29) is 17.8 Å². The zero-order chi connectivity index (χ0) is 24.2. The minimum absolute atomic E-state index is 0.0476. The van der Waals surface area contributed by atoms with E-state index in [1.807, 2.05) is 0 Å². The van der Waals surface area contributed by atoms with Gasteiger partial charge in [0.05, 0.1) is 18.7 Å². The van der Waals surface area contributed by atoms with Gasteiger partial charge in [0.15, 0.2) is 6.61 Å². The number of rotatable bonds is 6. The summed E-state index contributed by atoms with van der Waals surface area (Å²) in [6.07, 6.45) is -2.92. The van der Waals surface area contributed by atoms with E-state index in [4.69, 9.17) is 9.47 Å². The number of ether oxygens (including phenoxy) is 3. The van der Waals surface area contributed by atoms with Crippen LogP contribution in [0.25, 0.3) is 0 Å². The Morgan fingerprint density at radius 3 is 2.24 bits per heavy atom. The van der Waals surface area contributed by atoms with Crippen LogP contribution in [0.5, 0.6) is 11.8 Å². The number of hydrogen-bond donors (Lipinski definition) is 1. The van der Waals surface area contributed by atoms with Crippen LogP contribution in [-0.4, -0.2) is 64.4 Å². The Balaban J connectivity index is 1.45. The fourth-order valence-electron chi connectivity index (χ4n) is 2.66. The lowest BCUT2D eigenvalue weighted by molar-refractivity contribution is -0.154. The van der Waals surface area contributed by atoms with Crippen molar-refractivity contribution in [2.24, 2.45) is 0 Å². The van der Waals surface area contributed by atoms with Crippen LogP contribution in [0.3, 0.4) is 0 Å². The zero-order valence-electron chi connectivity index (χ0n) is 18.2. The molecule has 2 heterocycles. The number of halogens is 3. The molecule has 0 bridgehead atoms. The van der Waals surface area contributed by atoms with Crippen molar-refractivity contribution in [2.45, 2.75) is 38.7 Å². The van der Waals surface area contributed by atoms with Gasteiger partial charge in [-0.3, -0.25) is 4.79 Å². The number of nitrogens with one attached hydrogen (secondary N) is 1. The van der Waals surface area contributed by atoms with Gasteiger partial charge in [-0.25, -0.2) is 14.8 Å². The monoisotopic (exact) mass is 468 g/mol. The SMILES string of the molecule is CC(C)(C)OC(=O)N1CC(Oc2ccc(NC(=O)c3cnc(OCC(F)(F)F)nc3)cc2)C1. The van der Waals surface area contributed by atoms with Crippen molar-refractivity contribution in [1.82, 2.24) is 14.9 Å². The highest BCUT2D eigenvalue weighted by atomic mass is 19.4. The van der Waals surface area contributed by atoms with Gasteiger partial charge in [-0.1, -0.05) is 0 Å². The minimum atomic E-state index is -4.51. The summed E-state index contributed by atoms with van der Waals surface area (Å²) in [6.45, 7) is 4.70. The van der Waals surface area contributed by atoms with Crippen molar-refractivity contribution in [1.29, 1.82) is 0 Å². The number of alkyl halides is 3. The molecule has 0 atom stereocenters.